The second kappa shape index (κ2) is 11.3. The second-order valence-corrected chi connectivity index (χ2v) is 13.0. The number of ether oxygens (including phenoxy) is 3. The molecular formula is C31H48O7. The number of rotatable bonds is 8. The minimum absolute atomic E-state index is 0.0412. The van der Waals surface area contributed by atoms with E-state index in [4.69, 9.17) is 14.2 Å². The molecule has 0 aliphatic heterocycles. The van der Waals surface area contributed by atoms with E-state index in [0.29, 0.717) is 37.9 Å². The molecule has 0 heterocycles. The highest BCUT2D eigenvalue weighted by Gasteiger charge is 2.66. The molecule has 0 saturated heterocycles. The standard InChI is InChI=1S/C31H48O7/c1-7-26(33)37-20-13-14-30(4)19(15-20)16-24(38-27(34)8-2)29-22-11-10-21(18(3)9-12-28(35)36-6)31(22,5)25(32)17-23(29)30/h18-24,29H,7-17H2,1-6H3/t18-,19+,20-,21-,22+,23+,24-,29+,30+,31-/m1/s1. The minimum atomic E-state index is -0.468. The van der Waals surface area contributed by atoms with Crippen LogP contribution < -0.4 is 0 Å². The number of fused-ring (bicyclic) bond motifs is 5. The van der Waals surface area contributed by atoms with Crippen LogP contribution in [0.5, 0.6) is 0 Å². The fourth-order valence-electron chi connectivity index (χ4n) is 9.22. The largest absolute Gasteiger partial charge is 0.469 e. The van der Waals surface area contributed by atoms with Gasteiger partial charge in [-0.1, -0.05) is 34.6 Å². The molecule has 0 aromatic rings. The quantitative estimate of drug-likeness (QED) is 0.294. The van der Waals surface area contributed by atoms with Crippen LogP contribution in [0.15, 0.2) is 0 Å². The fourth-order valence-corrected chi connectivity index (χ4v) is 9.22. The van der Waals surface area contributed by atoms with Crippen molar-refractivity contribution in [2.75, 3.05) is 7.11 Å². The summed E-state index contributed by atoms with van der Waals surface area (Å²) in [5.41, 5.74) is -0.509. The average Bonchev–Trinajstić information content (AvgIpc) is 3.26. The first-order chi connectivity index (χ1) is 18.0. The van der Waals surface area contributed by atoms with Gasteiger partial charge in [-0.3, -0.25) is 19.2 Å². The van der Waals surface area contributed by atoms with Crippen molar-refractivity contribution >= 4 is 23.7 Å². The maximum absolute atomic E-state index is 14.1. The summed E-state index contributed by atoms with van der Waals surface area (Å²) in [6.07, 6.45) is 7.19. The highest BCUT2D eigenvalue weighted by molar-refractivity contribution is 5.87. The van der Waals surface area contributed by atoms with E-state index in [-0.39, 0.29) is 71.0 Å². The van der Waals surface area contributed by atoms with E-state index >= 15 is 0 Å². The van der Waals surface area contributed by atoms with Crippen LogP contribution in [-0.2, 0) is 33.4 Å². The molecule has 0 bridgehead atoms. The molecule has 0 unspecified atom stereocenters. The van der Waals surface area contributed by atoms with Crippen LogP contribution in [0.25, 0.3) is 0 Å². The number of Topliss-reactive ketones (excluding diaryl/α,β-unsaturated/α-hetero) is 1. The molecule has 4 aliphatic carbocycles. The van der Waals surface area contributed by atoms with Gasteiger partial charge in [0.25, 0.3) is 0 Å². The zero-order valence-electron chi connectivity index (χ0n) is 24.3. The number of carbonyl (C=O) groups is 4. The number of esters is 3. The Hall–Kier alpha value is -1.92. The zero-order valence-corrected chi connectivity index (χ0v) is 24.3. The predicted molar refractivity (Wildman–Crippen MR) is 142 cm³/mol. The molecule has 10 atom stereocenters. The Bertz CT molecular complexity index is 929. The van der Waals surface area contributed by atoms with E-state index in [9.17, 15) is 19.2 Å². The minimum Gasteiger partial charge on any atom is -0.469 e. The smallest absolute Gasteiger partial charge is 0.305 e. The van der Waals surface area contributed by atoms with Crippen molar-refractivity contribution in [2.24, 2.45) is 46.3 Å². The van der Waals surface area contributed by atoms with Gasteiger partial charge >= 0.3 is 17.9 Å². The van der Waals surface area contributed by atoms with Crippen LogP contribution in [0, 0.1) is 46.3 Å². The van der Waals surface area contributed by atoms with Gasteiger partial charge in [-0.25, -0.2) is 0 Å². The number of methoxy groups -OCH3 is 1. The SMILES string of the molecule is CCC(=O)O[C@@H]1CC[C@@]2(C)[C@@H](C1)C[C@@H](OC(=O)CC)[C@@H]1[C@@H]2CC(=O)[C@]2(C)[C@@H]([C@H](C)CCC(=O)OC)CC[C@@H]12. The van der Waals surface area contributed by atoms with E-state index in [1.807, 2.05) is 13.8 Å². The summed E-state index contributed by atoms with van der Waals surface area (Å²) >= 11 is 0. The van der Waals surface area contributed by atoms with E-state index < -0.39 is 5.41 Å². The van der Waals surface area contributed by atoms with E-state index in [1.165, 1.54) is 7.11 Å². The lowest BCUT2D eigenvalue weighted by Gasteiger charge is -2.62. The van der Waals surface area contributed by atoms with Crippen LogP contribution in [0.2, 0.25) is 0 Å². The first-order valence-corrected chi connectivity index (χ1v) is 15.0. The Balaban J connectivity index is 1.62. The van der Waals surface area contributed by atoms with Gasteiger partial charge in [-0.05, 0) is 80.0 Å². The Morgan fingerprint density at radius 1 is 0.947 bits per heavy atom. The van der Waals surface area contributed by atoms with Crippen molar-refractivity contribution in [3.63, 3.8) is 0 Å². The molecule has 4 aliphatic rings. The zero-order chi connectivity index (χ0) is 27.8. The van der Waals surface area contributed by atoms with Crippen molar-refractivity contribution in [3.8, 4) is 0 Å². The lowest BCUT2D eigenvalue weighted by Crippen LogP contribution is -2.62. The number of hydrogen-bond donors (Lipinski definition) is 0. The Morgan fingerprint density at radius 2 is 1.63 bits per heavy atom. The topological polar surface area (TPSA) is 96.0 Å². The summed E-state index contributed by atoms with van der Waals surface area (Å²) in [5.74, 6) is 0.973. The summed E-state index contributed by atoms with van der Waals surface area (Å²) in [5, 5.41) is 0. The van der Waals surface area contributed by atoms with Gasteiger partial charge in [0.2, 0.25) is 0 Å². The first-order valence-electron chi connectivity index (χ1n) is 15.0. The third kappa shape index (κ3) is 5.03. The molecule has 0 aromatic carbocycles. The van der Waals surface area contributed by atoms with Crippen LogP contribution in [0.3, 0.4) is 0 Å². The summed E-state index contributed by atoms with van der Waals surface area (Å²) in [4.78, 5) is 50.6. The summed E-state index contributed by atoms with van der Waals surface area (Å²) in [6.45, 7) is 10.3. The molecule has 4 rings (SSSR count). The molecule has 4 fully saturated rings. The number of carbonyl (C=O) groups excluding carboxylic acids is 4. The van der Waals surface area contributed by atoms with Gasteiger partial charge in [-0.15, -0.1) is 0 Å². The molecule has 7 heteroatoms. The molecule has 7 nitrogen and oxygen atoms in total. The van der Waals surface area contributed by atoms with Crippen LogP contribution in [0.4, 0.5) is 0 Å². The first kappa shape index (κ1) is 29.1. The normalized spacial score (nSPS) is 40.8. The van der Waals surface area contributed by atoms with Gasteiger partial charge in [0, 0.05) is 37.0 Å². The van der Waals surface area contributed by atoms with Crippen LogP contribution >= 0.6 is 0 Å². The maximum Gasteiger partial charge on any atom is 0.305 e. The summed E-state index contributed by atoms with van der Waals surface area (Å²) < 4.78 is 16.8. The molecule has 0 amide bonds. The highest BCUT2D eigenvalue weighted by Crippen LogP contribution is 2.67. The summed E-state index contributed by atoms with van der Waals surface area (Å²) in [7, 11) is 1.42. The molecular weight excluding hydrogens is 484 g/mol. The van der Waals surface area contributed by atoms with Crippen LogP contribution in [0.1, 0.15) is 105 Å². The van der Waals surface area contributed by atoms with Gasteiger partial charge in [0.1, 0.15) is 18.0 Å². The van der Waals surface area contributed by atoms with Gasteiger partial charge in [0.15, 0.2) is 0 Å². The third-order valence-corrected chi connectivity index (χ3v) is 11.4. The van der Waals surface area contributed by atoms with E-state index in [1.54, 1.807) is 0 Å². The predicted octanol–water partition coefficient (Wildman–Crippen LogP) is 5.67. The van der Waals surface area contributed by atoms with Crippen molar-refractivity contribution < 1.29 is 33.4 Å². The van der Waals surface area contributed by atoms with Crippen molar-refractivity contribution in [2.45, 2.75) is 117 Å². The Kier molecular flexibility index (Phi) is 8.64. The molecule has 214 valence electrons. The van der Waals surface area contributed by atoms with Crippen molar-refractivity contribution in [1.82, 2.24) is 0 Å². The van der Waals surface area contributed by atoms with Crippen molar-refractivity contribution in [3.05, 3.63) is 0 Å². The van der Waals surface area contributed by atoms with Crippen LogP contribution in [-0.4, -0.2) is 43.0 Å². The van der Waals surface area contributed by atoms with Crippen molar-refractivity contribution in [1.29, 1.82) is 0 Å². The van der Waals surface area contributed by atoms with Gasteiger partial charge in [-0.2, -0.15) is 0 Å². The summed E-state index contributed by atoms with van der Waals surface area (Å²) in [6, 6.07) is 0. The highest BCUT2D eigenvalue weighted by atomic mass is 16.5. The van der Waals surface area contributed by atoms with Gasteiger partial charge in [0.05, 0.1) is 7.11 Å². The van der Waals surface area contributed by atoms with E-state index in [0.717, 1.165) is 38.5 Å². The lowest BCUT2D eigenvalue weighted by atomic mass is 9.43. The number of hydrogen-bond acceptors (Lipinski definition) is 7. The molecule has 0 spiro atoms. The fraction of sp³-hybridized carbons (Fsp3) is 0.871. The molecule has 0 radical (unpaired) electrons. The molecule has 4 saturated carbocycles. The molecule has 38 heavy (non-hydrogen) atoms. The number of ketones is 1. The third-order valence-electron chi connectivity index (χ3n) is 11.4. The Labute approximate surface area is 228 Å². The van der Waals surface area contributed by atoms with E-state index in [2.05, 4.69) is 20.8 Å². The molecule has 0 aromatic heterocycles. The molecule has 0 N–H and O–H groups in total. The average molecular weight is 533 g/mol. The monoisotopic (exact) mass is 532 g/mol. The maximum atomic E-state index is 14.1. The lowest BCUT2D eigenvalue weighted by molar-refractivity contribution is -0.198. The second-order valence-electron chi connectivity index (χ2n) is 13.0. The van der Waals surface area contributed by atoms with Gasteiger partial charge < -0.3 is 14.2 Å². The Morgan fingerprint density at radius 3 is 2.29 bits per heavy atom.